The van der Waals surface area contributed by atoms with Crippen LogP contribution in [-0.2, 0) is 25.6 Å². The molecule has 1 aromatic carbocycles. The Morgan fingerprint density at radius 1 is 1.20 bits per heavy atom. The highest BCUT2D eigenvalue weighted by Gasteiger charge is 2.64. The predicted octanol–water partition coefficient (Wildman–Crippen LogP) is 1.08. The average Bonchev–Trinajstić information content (AvgIpc) is 3.33. The van der Waals surface area contributed by atoms with E-state index in [9.17, 15) is 57.9 Å². The number of primary amides is 1. The zero-order valence-corrected chi connectivity index (χ0v) is 23.5. The van der Waals surface area contributed by atoms with Gasteiger partial charge in [0, 0.05) is 28.7 Å². The molecule has 5 rings (SSSR count). The van der Waals surface area contributed by atoms with Crippen molar-refractivity contribution in [2.24, 2.45) is 17.6 Å². The first-order valence-electron chi connectivity index (χ1n) is 13.6. The molecule has 5 atom stereocenters. The average molecular weight is 626 g/mol. The van der Waals surface area contributed by atoms with Crippen molar-refractivity contribution >= 4 is 29.2 Å². The highest BCUT2D eigenvalue weighted by molar-refractivity contribution is 6.24. The highest BCUT2D eigenvalue weighted by Crippen LogP contribution is 2.55. The number of ether oxygens (including phenoxy) is 1. The molecule has 13 nitrogen and oxygen atoms in total. The second-order valence-electron chi connectivity index (χ2n) is 11.7. The summed E-state index contributed by atoms with van der Waals surface area (Å²) >= 11 is 0. The quantitative estimate of drug-likeness (QED) is 0.245. The van der Waals surface area contributed by atoms with E-state index in [4.69, 9.17) is 5.73 Å². The van der Waals surface area contributed by atoms with Crippen LogP contribution in [0, 0.1) is 11.8 Å². The number of ketones is 2. The molecule has 1 aromatic rings. The Morgan fingerprint density at radius 2 is 1.86 bits per heavy atom. The molecular weight excluding hydrogens is 595 g/mol. The maximum absolute atomic E-state index is 13.9. The van der Waals surface area contributed by atoms with E-state index in [0.717, 1.165) is 6.07 Å². The number of Topliss-reactive ketones (excluding diaryl/α,β-unsaturated/α-hetero) is 2. The van der Waals surface area contributed by atoms with E-state index in [1.54, 1.807) is 0 Å². The molecule has 0 radical (unpaired) electrons. The van der Waals surface area contributed by atoms with Crippen molar-refractivity contribution in [3.63, 3.8) is 0 Å². The second kappa shape index (κ2) is 10.5. The number of aliphatic hydroxyl groups excluding tert-OH is 2. The molecule has 238 valence electrons. The first-order valence-corrected chi connectivity index (χ1v) is 13.6. The summed E-state index contributed by atoms with van der Waals surface area (Å²) in [5.41, 5.74) is -0.210. The molecule has 1 aliphatic heterocycles. The number of halogens is 3. The van der Waals surface area contributed by atoms with Gasteiger partial charge in [-0.05, 0) is 58.3 Å². The van der Waals surface area contributed by atoms with E-state index in [-0.39, 0.29) is 30.5 Å². The van der Waals surface area contributed by atoms with Gasteiger partial charge in [-0.2, -0.15) is 0 Å². The van der Waals surface area contributed by atoms with Gasteiger partial charge in [0.2, 0.25) is 5.78 Å². The summed E-state index contributed by atoms with van der Waals surface area (Å²) in [5, 5.41) is 54.3. The van der Waals surface area contributed by atoms with Gasteiger partial charge in [0.05, 0.1) is 18.2 Å². The number of rotatable bonds is 6. The Bertz CT molecular complexity index is 1550. The lowest BCUT2D eigenvalue weighted by molar-refractivity contribution is -0.275. The number of carbonyl (C=O) groups is 4. The fourth-order valence-corrected chi connectivity index (χ4v) is 7.34. The van der Waals surface area contributed by atoms with Crippen LogP contribution in [-0.4, -0.2) is 104 Å². The number of carboxylic acid groups (broad SMARTS) is 1. The van der Waals surface area contributed by atoms with Crippen LogP contribution in [0.15, 0.2) is 23.0 Å². The molecule has 0 aromatic heterocycles. The number of alkyl halides is 3. The Hall–Kier alpha value is -4.15. The molecule has 16 heteroatoms. The van der Waals surface area contributed by atoms with Gasteiger partial charge in [0.15, 0.2) is 11.4 Å². The molecule has 3 aliphatic carbocycles. The molecular formula is C28H30F3N3O10. The fourth-order valence-electron chi connectivity index (χ4n) is 7.34. The van der Waals surface area contributed by atoms with Crippen LogP contribution in [0.2, 0.25) is 0 Å². The molecule has 1 saturated carbocycles. The SMILES string of the molecule is CN(C)[C@@H]1C(=O)C(C(N)=O)=C(O)[C@@]2(O)C(=O)C3=C(O)c4c(O)cc(C5CCCN5CC(=O)O)c(OC(F)(F)F)c4C[C@H]3C[C@@H]12. The van der Waals surface area contributed by atoms with Crippen LogP contribution < -0.4 is 10.5 Å². The number of hydrogen-bond donors (Lipinski definition) is 6. The van der Waals surface area contributed by atoms with E-state index in [0.29, 0.717) is 6.42 Å². The molecule has 0 bridgehead atoms. The van der Waals surface area contributed by atoms with Gasteiger partial charge >= 0.3 is 12.3 Å². The first kappa shape index (κ1) is 31.3. The zero-order valence-electron chi connectivity index (χ0n) is 23.5. The number of carbonyl (C=O) groups excluding carboxylic acids is 3. The zero-order chi connectivity index (χ0) is 32.6. The third kappa shape index (κ3) is 4.68. The van der Waals surface area contributed by atoms with Crippen LogP contribution >= 0.6 is 0 Å². The number of phenols is 1. The molecule has 44 heavy (non-hydrogen) atoms. The van der Waals surface area contributed by atoms with Crippen LogP contribution in [0.1, 0.15) is 42.0 Å². The van der Waals surface area contributed by atoms with Crippen molar-refractivity contribution in [3.05, 3.63) is 39.7 Å². The van der Waals surface area contributed by atoms with Gasteiger partial charge in [0.25, 0.3) is 5.91 Å². The lowest BCUT2D eigenvalue weighted by atomic mass is 9.57. The van der Waals surface area contributed by atoms with E-state index in [1.165, 1.54) is 23.9 Å². The van der Waals surface area contributed by atoms with Crippen LogP contribution in [0.25, 0.3) is 5.76 Å². The van der Waals surface area contributed by atoms with Gasteiger partial charge in [-0.1, -0.05) is 0 Å². The minimum absolute atomic E-state index is 0.169. The summed E-state index contributed by atoms with van der Waals surface area (Å²) in [6, 6.07) is -1.36. The number of likely N-dealkylation sites (N-methyl/N-ethyl adjacent to an activating group) is 1. The second-order valence-corrected chi connectivity index (χ2v) is 11.7. The summed E-state index contributed by atoms with van der Waals surface area (Å²) in [6.07, 6.45) is -5.34. The number of aliphatic carboxylic acids is 1. The van der Waals surface area contributed by atoms with Crippen LogP contribution in [0.3, 0.4) is 0 Å². The van der Waals surface area contributed by atoms with Crippen molar-refractivity contribution < 1.29 is 62.6 Å². The van der Waals surface area contributed by atoms with Gasteiger partial charge in [-0.3, -0.25) is 29.0 Å². The molecule has 1 unspecified atom stereocenters. The summed E-state index contributed by atoms with van der Waals surface area (Å²) < 4.78 is 45.9. The molecule has 1 heterocycles. The van der Waals surface area contributed by atoms with Crippen LogP contribution in [0.5, 0.6) is 11.5 Å². The Balaban J connectivity index is 1.73. The summed E-state index contributed by atoms with van der Waals surface area (Å²) in [5.74, 6) is -11.3. The first-order chi connectivity index (χ1) is 20.4. The van der Waals surface area contributed by atoms with Gasteiger partial charge in [-0.25, -0.2) is 0 Å². The third-order valence-corrected chi connectivity index (χ3v) is 8.98. The number of nitrogens with two attached hydrogens (primary N) is 1. The topological polar surface area (TPSA) is 211 Å². The van der Waals surface area contributed by atoms with Crippen molar-refractivity contribution in [1.29, 1.82) is 0 Å². The van der Waals surface area contributed by atoms with Crippen molar-refractivity contribution in [1.82, 2.24) is 9.80 Å². The lowest BCUT2D eigenvalue weighted by Crippen LogP contribution is -2.65. The van der Waals surface area contributed by atoms with E-state index in [1.807, 2.05) is 0 Å². The molecule has 1 saturated heterocycles. The van der Waals surface area contributed by atoms with Gasteiger partial charge in [0.1, 0.15) is 28.6 Å². The Morgan fingerprint density at radius 3 is 2.43 bits per heavy atom. The Kier molecular flexibility index (Phi) is 7.46. The van der Waals surface area contributed by atoms with E-state index in [2.05, 4.69) is 4.74 Å². The molecule has 1 amide bonds. The standard InChI is InChI=1S/C28H30F3N3O10/c1-33(2)20-13-7-10-6-12-18(21(38)17(10)24(40)27(13,43)25(41)19(22(20)39)26(32)42)15(35)8-11(23(12)44-28(29,30)31)14-4-3-5-34(14)9-16(36)37/h8,10,13-14,20,35,38,41,43H,3-7,9H2,1-2H3,(H2,32,42)(H,36,37)/t10-,13-,14?,20-,27-/m0/s1. The number of aliphatic hydroxyl groups is 3. The van der Waals surface area contributed by atoms with Crippen molar-refractivity contribution in [2.45, 2.75) is 49.7 Å². The molecule has 7 N–H and O–H groups in total. The number of amides is 1. The number of hydrogen-bond acceptors (Lipinski definition) is 11. The minimum atomic E-state index is -5.24. The maximum atomic E-state index is 13.9. The highest BCUT2D eigenvalue weighted by atomic mass is 19.4. The predicted molar refractivity (Wildman–Crippen MR) is 142 cm³/mol. The van der Waals surface area contributed by atoms with Gasteiger partial charge in [-0.15, -0.1) is 13.2 Å². The smallest absolute Gasteiger partial charge is 0.508 e. The number of carboxylic acids is 1. The molecule has 0 spiro atoms. The maximum Gasteiger partial charge on any atom is 0.573 e. The Labute approximate surface area is 247 Å². The number of phenolic OH excluding ortho intramolecular Hbond substituents is 1. The summed E-state index contributed by atoms with van der Waals surface area (Å²) in [7, 11) is 2.83. The molecule has 2 fully saturated rings. The summed E-state index contributed by atoms with van der Waals surface area (Å²) in [4.78, 5) is 53.4. The lowest BCUT2D eigenvalue weighted by Gasteiger charge is -2.50. The van der Waals surface area contributed by atoms with Crippen molar-refractivity contribution in [3.8, 4) is 11.5 Å². The van der Waals surface area contributed by atoms with E-state index < -0.39 is 112 Å². The summed E-state index contributed by atoms with van der Waals surface area (Å²) in [6.45, 7) is -0.248. The number of likely N-dealkylation sites (tertiary alicyclic amines) is 1. The normalized spacial score (nSPS) is 29.1. The fraction of sp³-hybridized carbons (Fsp3) is 0.500. The van der Waals surface area contributed by atoms with Crippen molar-refractivity contribution in [2.75, 3.05) is 27.2 Å². The van der Waals surface area contributed by atoms with E-state index >= 15 is 0 Å². The number of aromatic hydroxyl groups is 1. The van der Waals surface area contributed by atoms with Gasteiger partial charge < -0.3 is 36.0 Å². The number of fused-ring (bicyclic) bond motifs is 3. The number of benzene rings is 1. The largest absolute Gasteiger partial charge is 0.573 e. The monoisotopic (exact) mass is 625 g/mol. The van der Waals surface area contributed by atoms with Crippen LogP contribution in [0.4, 0.5) is 13.2 Å². The minimum Gasteiger partial charge on any atom is -0.508 e. The third-order valence-electron chi connectivity index (χ3n) is 8.98. The molecule has 4 aliphatic rings. The number of nitrogens with zero attached hydrogens (tertiary/aromatic N) is 2.